The number of nitrogens with one attached hydrogen (secondary N) is 1. The second-order valence-corrected chi connectivity index (χ2v) is 4.56. The SMILES string of the molecule is CNC(c1ccc(F)cc1Cl)c1ccc(F)c(F)c1F. The quantitative estimate of drug-likeness (QED) is 0.662. The summed E-state index contributed by atoms with van der Waals surface area (Å²) in [5.41, 5.74) is 0.250. The molecule has 0 bridgehead atoms. The lowest BCUT2D eigenvalue weighted by Crippen LogP contribution is -2.20. The largest absolute Gasteiger partial charge is 0.309 e. The number of halogens is 5. The lowest BCUT2D eigenvalue weighted by Gasteiger charge is -2.19. The summed E-state index contributed by atoms with van der Waals surface area (Å²) >= 11 is 5.91. The molecule has 1 unspecified atom stereocenters. The highest BCUT2D eigenvalue weighted by atomic mass is 35.5. The Morgan fingerprint density at radius 3 is 2.20 bits per heavy atom. The predicted molar refractivity (Wildman–Crippen MR) is 68.6 cm³/mol. The van der Waals surface area contributed by atoms with Crippen molar-refractivity contribution in [2.75, 3.05) is 7.05 Å². The zero-order chi connectivity index (χ0) is 14.9. The van der Waals surface area contributed by atoms with E-state index in [1.165, 1.54) is 13.1 Å². The molecule has 0 aliphatic carbocycles. The minimum Gasteiger partial charge on any atom is -0.309 e. The Bertz CT molecular complexity index is 645. The Labute approximate surface area is 118 Å². The predicted octanol–water partition coefficient (Wildman–Crippen LogP) is 4.21. The maximum absolute atomic E-state index is 13.8. The van der Waals surface area contributed by atoms with E-state index in [1.54, 1.807) is 0 Å². The summed E-state index contributed by atoms with van der Waals surface area (Å²) in [6, 6.07) is 4.71. The van der Waals surface area contributed by atoms with E-state index in [4.69, 9.17) is 11.6 Å². The van der Waals surface area contributed by atoms with Crippen LogP contribution in [0.1, 0.15) is 17.2 Å². The molecule has 0 saturated heterocycles. The molecule has 2 aromatic rings. The fraction of sp³-hybridized carbons (Fsp3) is 0.143. The van der Waals surface area contributed by atoms with Gasteiger partial charge in [-0.05, 0) is 30.8 Å². The van der Waals surface area contributed by atoms with Crippen molar-refractivity contribution in [1.82, 2.24) is 5.32 Å². The van der Waals surface area contributed by atoms with E-state index >= 15 is 0 Å². The van der Waals surface area contributed by atoms with Gasteiger partial charge in [-0.15, -0.1) is 0 Å². The molecule has 0 aliphatic rings. The van der Waals surface area contributed by atoms with Crippen LogP contribution >= 0.6 is 11.6 Å². The molecule has 0 aliphatic heterocycles. The van der Waals surface area contributed by atoms with Gasteiger partial charge < -0.3 is 5.32 Å². The second-order valence-electron chi connectivity index (χ2n) is 4.15. The molecule has 1 N–H and O–H groups in total. The highest BCUT2D eigenvalue weighted by Gasteiger charge is 2.22. The van der Waals surface area contributed by atoms with E-state index in [2.05, 4.69) is 5.32 Å². The van der Waals surface area contributed by atoms with Crippen LogP contribution < -0.4 is 5.32 Å². The van der Waals surface area contributed by atoms with Crippen LogP contribution in [0.4, 0.5) is 17.6 Å². The van der Waals surface area contributed by atoms with Gasteiger partial charge in [0.15, 0.2) is 17.5 Å². The lowest BCUT2D eigenvalue weighted by molar-refractivity contribution is 0.435. The molecule has 0 aromatic heterocycles. The molecule has 20 heavy (non-hydrogen) atoms. The first-order valence-corrected chi connectivity index (χ1v) is 6.09. The molecule has 0 spiro atoms. The molecular formula is C14H10ClF4N. The van der Waals surface area contributed by atoms with E-state index in [9.17, 15) is 17.6 Å². The Balaban J connectivity index is 2.55. The van der Waals surface area contributed by atoms with Gasteiger partial charge in [-0.2, -0.15) is 0 Å². The number of hydrogen-bond acceptors (Lipinski definition) is 1. The number of hydrogen-bond donors (Lipinski definition) is 1. The van der Waals surface area contributed by atoms with Crippen molar-refractivity contribution < 1.29 is 17.6 Å². The molecule has 0 radical (unpaired) electrons. The average Bonchev–Trinajstić information content (AvgIpc) is 2.41. The van der Waals surface area contributed by atoms with Gasteiger partial charge in [0.1, 0.15) is 5.82 Å². The molecule has 2 aromatic carbocycles. The summed E-state index contributed by atoms with van der Waals surface area (Å²) < 4.78 is 53.1. The van der Waals surface area contributed by atoms with E-state index in [1.807, 2.05) is 0 Å². The molecular weight excluding hydrogens is 294 g/mol. The third-order valence-electron chi connectivity index (χ3n) is 2.94. The molecule has 0 saturated carbocycles. The summed E-state index contributed by atoms with van der Waals surface area (Å²) in [4.78, 5) is 0. The van der Waals surface area contributed by atoms with E-state index in [0.717, 1.165) is 24.3 Å². The molecule has 0 heterocycles. The molecule has 2 rings (SSSR count). The molecule has 6 heteroatoms. The van der Waals surface area contributed by atoms with E-state index in [-0.39, 0.29) is 10.6 Å². The third kappa shape index (κ3) is 2.64. The average molecular weight is 304 g/mol. The molecule has 1 nitrogen and oxygen atoms in total. The first kappa shape index (κ1) is 14.8. The maximum Gasteiger partial charge on any atom is 0.194 e. The maximum atomic E-state index is 13.8. The van der Waals surface area contributed by atoms with E-state index in [0.29, 0.717) is 5.56 Å². The molecule has 1 atom stereocenters. The molecule has 106 valence electrons. The first-order valence-electron chi connectivity index (χ1n) is 5.71. The van der Waals surface area contributed by atoms with Crippen LogP contribution in [0.5, 0.6) is 0 Å². The summed E-state index contributed by atoms with van der Waals surface area (Å²) in [5, 5.41) is 2.81. The van der Waals surface area contributed by atoms with Crippen molar-refractivity contribution in [3.8, 4) is 0 Å². The van der Waals surface area contributed by atoms with Gasteiger partial charge >= 0.3 is 0 Å². The first-order chi connectivity index (χ1) is 9.45. The van der Waals surface area contributed by atoms with Crippen molar-refractivity contribution in [3.05, 3.63) is 69.8 Å². The Kier molecular flexibility index (Phi) is 4.30. The number of benzene rings is 2. The van der Waals surface area contributed by atoms with Gasteiger partial charge in [0.05, 0.1) is 6.04 Å². The van der Waals surface area contributed by atoms with Gasteiger partial charge in [-0.1, -0.05) is 23.7 Å². The van der Waals surface area contributed by atoms with Crippen molar-refractivity contribution in [1.29, 1.82) is 0 Å². The smallest absolute Gasteiger partial charge is 0.194 e. The lowest BCUT2D eigenvalue weighted by atomic mass is 9.98. The summed E-state index contributed by atoms with van der Waals surface area (Å²) in [7, 11) is 1.51. The van der Waals surface area contributed by atoms with Crippen molar-refractivity contribution in [3.63, 3.8) is 0 Å². The third-order valence-corrected chi connectivity index (χ3v) is 3.27. The Morgan fingerprint density at radius 1 is 0.950 bits per heavy atom. The van der Waals surface area contributed by atoms with Crippen molar-refractivity contribution >= 4 is 11.6 Å². The summed E-state index contributed by atoms with van der Waals surface area (Å²) in [5.74, 6) is -4.67. The van der Waals surface area contributed by atoms with Crippen molar-refractivity contribution in [2.45, 2.75) is 6.04 Å². The zero-order valence-corrected chi connectivity index (χ0v) is 11.1. The highest BCUT2D eigenvalue weighted by Crippen LogP contribution is 2.31. The van der Waals surface area contributed by atoms with Gasteiger partial charge in [-0.3, -0.25) is 0 Å². The monoisotopic (exact) mass is 303 g/mol. The number of rotatable bonds is 3. The topological polar surface area (TPSA) is 12.0 Å². The van der Waals surface area contributed by atoms with E-state index < -0.39 is 29.3 Å². The van der Waals surface area contributed by atoms with Crippen LogP contribution in [0.2, 0.25) is 5.02 Å². The van der Waals surface area contributed by atoms with Gasteiger partial charge in [0.2, 0.25) is 0 Å². The van der Waals surface area contributed by atoms with Crippen molar-refractivity contribution in [2.24, 2.45) is 0 Å². The van der Waals surface area contributed by atoms with Crippen LogP contribution in [0.15, 0.2) is 30.3 Å². The fourth-order valence-corrected chi connectivity index (χ4v) is 2.25. The van der Waals surface area contributed by atoms with Gasteiger partial charge in [0, 0.05) is 10.6 Å². The minimum absolute atomic E-state index is 0.0634. The highest BCUT2D eigenvalue weighted by molar-refractivity contribution is 6.31. The second kappa shape index (κ2) is 5.81. The zero-order valence-electron chi connectivity index (χ0n) is 10.4. The normalized spacial score (nSPS) is 12.5. The standard InChI is InChI=1S/C14H10ClF4N/c1-20-14(8-3-2-7(16)6-10(8)15)9-4-5-11(17)13(19)12(9)18/h2-6,14,20H,1H3. The van der Waals surface area contributed by atoms with Crippen LogP contribution in [0, 0.1) is 23.3 Å². The van der Waals surface area contributed by atoms with Crippen LogP contribution in [-0.4, -0.2) is 7.05 Å². The fourth-order valence-electron chi connectivity index (χ4n) is 1.98. The van der Waals surface area contributed by atoms with Crippen LogP contribution in [0.25, 0.3) is 0 Å². The Morgan fingerprint density at radius 2 is 1.60 bits per heavy atom. The molecule has 0 fully saturated rings. The van der Waals surface area contributed by atoms with Gasteiger partial charge in [0.25, 0.3) is 0 Å². The Hall–Kier alpha value is -1.59. The summed E-state index contributed by atoms with van der Waals surface area (Å²) in [6.45, 7) is 0. The summed E-state index contributed by atoms with van der Waals surface area (Å²) in [6.07, 6.45) is 0. The minimum atomic E-state index is -1.55. The van der Waals surface area contributed by atoms with Gasteiger partial charge in [-0.25, -0.2) is 17.6 Å². The van der Waals surface area contributed by atoms with Crippen LogP contribution in [0.3, 0.4) is 0 Å². The molecule has 0 amide bonds. The van der Waals surface area contributed by atoms with Crippen LogP contribution in [-0.2, 0) is 0 Å².